The van der Waals surface area contributed by atoms with Crippen LogP contribution in [0.25, 0.3) is 0 Å². The number of ether oxygens (including phenoxy) is 1. The van der Waals surface area contributed by atoms with Crippen LogP contribution in [0.15, 0.2) is 72.1 Å². The first-order chi connectivity index (χ1) is 17.9. The van der Waals surface area contributed by atoms with E-state index in [1.807, 2.05) is 73.8 Å². The number of aryl methyl sites for hydroxylation is 1. The average molecular weight is 518 g/mol. The summed E-state index contributed by atoms with van der Waals surface area (Å²) in [5.74, 6) is -0.487. The highest BCUT2D eigenvalue weighted by atomic mass is 32.1. The van der Waals surface area contributed by atoms with Crippen LogP contribution >= 0.6 is 11.3 Å². The number of rotatable bonds is 5. The number of nitrogens with zero attached hydrogens (tertiary/aromatic N) is 2. The van der Waals surface area contributed by atoms with Crippen molar-refractivity contribution in [3.8, 4) is 0 Å². The maximum Gasteiger partial charge on any atom is 0.263 e. The van der Waals surface area contributed by atoms with Crippen LogP contribution in [0, 0.1) is 6.92 Å². The first kappa shape index (κ1) is 25.2. The van der Waals surface area contributed by atoms with E-state index in [0.717, 1.165) is 11.1 Å². The van der Waals surface area contributed by atoms with Gasteiger partial charge in [0.2, 0.25) is 5.91 Å². The Kier molecular flexibility index (Phi) is 7.13. The van der Waals surface area contributed by atoms with Gasteiger partial charge in [-0.25, -0.2) is 0 Å². The number of carbonyl (C=O) groups is 3. The lowest BCUT2D eigenvalue weighted by molar-refractivity contribution is -0.128. The van der Waals surface area contributed by atoms with E-state index in [9.17, 15) is 14.4 Å². The van der Waals surface area contributed by atoms with Crippen molar-refractivity contribution in [3.63, 3.8) is 0 Å². The van der Waals surface area contributed by atoms with Crippen molar-refractivity contribution in [1.29, 1.82) is 0 Å². The zero-order valence-corrected chi connectivity index (χ0v) is 21.9. The van der Waals surface area contributed by atoms with Crippen LogP contribution in [0.4, 0.5) is 0 Å². The molecule has 5 rings (SSSR count). The first-order valence-electron chi connectivity index (χ1n) is 12.6. The van der Waals surface area contributed by atoms with E-state index < -0.39 is 11.8 Å². The predicted molar refractivity (Wildman–Crippen MR) is 142 cm³/mol. The van der Waals surface area contributed by atoms with Gasteiger partial charge < -0.3 is 15.0 Å². The van der Waals surface area contributed by atoms with Gasteiger partial charge in [0, 0.05) is 31.5 Å². The lowest BCUT2D eigenvalue weighted by Crippen LogP contribution is -2.59. The van der Waals surface area contributed by atoms with Gasteiger partial charge in [0.15, 0.2) is 0 Å². The molecule has 0 aliphatic carbocycles. The first-order valence-corrected chi connectivity index (χ1v) is 13.5. The summed E-state index contributed by atoms with van der Waals surface area (Å²) in [5.41, 5.74) is 1.62. The zero-order chi connectivity index (χ0) is 26.0. The number of hydrogen-bond donors (Lipinski definition) is 1. The summed E-state index contributed by atoms with van der Waals surface area (Å²) in [6.45, 7) is 4.91. The summed E-state index contributed by atoms with van der Waals surface area (Å²) in [6.07, 6.45) is 0.888. The van der Waals surface area contributed by atoms with Crippen molar-refractivity contribution in [2.45, 2.75) is 44.5 Å². The summed E-state index contributed by atoms with van der Waals surface area (Å²) in [4.78, 5) is 44.5. The van der Waals surface area contributed by atoms with Crippen LogP contribution in [-0.4, -0.2) is 59.0 Å². The molecule has 2 atom stereocenters. The molecule has 2 aliphatic heterocycles. The smallest absolute Gasteiger partial charge is 0.263 e. The highest BCUT2D eigenvalue weighted by molar-refractivity contribution is 7.12. The number of thiophene rings is 1. The number of amides is 3. The van der Waals surface area contributed by atoms with E-state index in [2.05, 4.69) is 5.32 Å². The molecule has 2 saturated heterocycles. The fourth-order valence-corrected chi connectivity index (χ4v) is 5.84. The standard InChI is InChI=1S/C29H31N3O4S/c1-20-10-12-23(13-11-20)27(34)32-24(26(33)30-21(2)22-7-4-3-5-8-22)19-36-29(32)14-16-31(17-15-29)28(35)25-9-6-18-37-25/h3-13,18,21,24H,14-17,19H2,1-2H3,(H,30,33)/t21-,24-/m0/s1. The second-order valence-electron chi connectivity index (χ2n) is 9.72. The van der Waals surface area contributed by atoms with Crippen molar-refractivity contribution in [2.75, 3.05) is 19.7 Å². The van der Waals surface area contributed by atoms with E-state index in [1.54, 1.807) is 21.9 Å². The van der Waals surface area contributed by atoms with Crippen LogP contribution in [0.5, 0.6) is 0 Å². The van der Waals surface area contributed by atoms with Gasteiger partial charge in [-0.2, -0.15) is 0 Å². The van der Waals surface area contributed by atoms with Crippen molar-refractivity contribution in [2.24, 2.45) is 0 Å². The average Bonchev–Trinajstić information content (AvgIpc) is 3.58. The summed E-state index contributed by atoms with van der Waals surface area (Å²) in [5, 5.41) is 4.96. The van der Waals surface area contributed by atoms with Crippen LogP contribution in [-0.2, 0) is 9.53 Å². The molecule has 0 saturated carbocycles. The minimum atomic E-state index is -0.938. The quantitative estimate of drug-likeness (QED) is 0.544. The molecule has 1 aromatic heterocycles. The van der Waals surface area contributed by atoms with Crippen LogP contribution in [0.1, 0.15) is 57.0 Å². The van der Waals surface area contributed by atoms with Crippen molar-refractivity contribution in [3.05, 3.63) is 93.7 Å². The molecule has 1 N–H and O–H groups in total. The minimum Gasteiger partial charge on any atom is -0.353 e. The van der Waals surface area contributed by atoms with Crippen LogP contribution in [0.2, 0.25) is 0 Å². The van der Waals surface area contributed by atoms with Gasteiger partial charge in [-0.05, 0) is 43.0 Å². The number of carbonyl (C=O) groups excluding carboxylic acids is 3. The Hall–Kier alpha value is -3.49. The van der Waals surface area contributed by atoms with Gasteiger partial charge in [-0.15, -0.1) is 11.3 Å². The number of likely N-dealkylation sites (tertiary alicyclic amines) is 1. The van der Waals surface area contributed by atoms with Gasteiger partial charge >= 0.3 is 0 Å². The number of nitrogens with one attached hydrogen (secondary N) is 1. The third kappa shape index (κ3) is 5.04. The molecule has 2 fully saturated rings. The highest BCUT2D eigenvalue weighted by Gasteiger charge is 2.54. The number of benzene rings is 2. The van der Waals surface area contributed by atoms with Crippen molar-refractivity contribution >= 4 is 29.1 Å². The van der Waals surface area contributed by atoms with E-state index in [4.69, 9.17) is 4.74 Å². The second kappa shape index (κ2) is 10.5. The normalized spacial score (nSPS) is 19.6. The summed E-state index contributed by atoms with van der Waals surface area (Å²) < 4.78 is 6.31. The second-order valence-corrected chi connectivity index (χ2v) is 10.7. The Morgan fingerprint density at radius 2 is 1.68 bits per heavy atom. The largest absolute Gasteiger partial charge is 0.353 e. The molecule has 8 heteroatoms. The van der Waals surface area contributed by atoms with Gasteiger partial charge in [-0.1, -0.05) is 54.1 Å². The molecular formula is C29H31N3O4S. The van der Waals surface area contributed by atoms with Gasteiger partial charge in [-0.3, -0.25) is 19.3 Å². The minimum absolute atomic E-state index is 0.00904. The van der Waals surface area contributed by atoms with E-state index in [1.165, 1.54) is 11.3 Å². The molecule has 3 aromatic rings. The topological polar surface area (TPSA) is 79.0 Å². The number of piperidine rings is 1. The molecule has 0 radical (unpaired) electrons. The molecule has 2 aromatic carbocycles. The van der Waals surface area contributed by atoms with Crippen LogP contribution in [0.3, 0.4) is 0 Å². The summed E-state index contributed by atoms with van der Waals surface area (Å²) in [7, 11) is 0. The lowest BCUT2D eigenvalue weighted by atomic mass is 9.96. The molecule has 0 bridgehead atoms. The molecular weight excluding hydrogens is 486 g/mol. The van der Waals surface area contributed by atoms with E-state index in [0.29, 0.717) is 36.4 Å². The molecule has 192 valence electrons. The number of hydrogen-bond acceptors (Lipinski definition) is 5. The molecule has 3 amide bonds. The van der Waals surface area contributed by atoms with Gasteiger partial charge in [0.05, 0.1) is 17.5 Å². The monoisotopic (exact) mass is 517 g/mol. The molecule has 37 heavy (non-hydrogen) atoms. The Bertz CT molecular complexity index is 1250. The molecule has 0 unspecified atom stereocenters. The van der Waals surface area contributed by atoms with Gasteiger partial charge in [0.1, 0.15) is 11.8 Å². The Balaban J connectivity index is 1.38. The Labute approximate surface area is 221 Å². The maximum atomic E-state index is 13.9. The zero-order valence-electron chi connectivity index (χ0n) is 21.1. The third-order valence-corrected chi connectivity index (χ3v) is 8.16. The van der Waals surface area contributed by atoms with Crippen molar-refractivity contribution in [1.82, 2.24) is 15.1 Å². The third-order valence-electron chi connectivity index (χ3n) is 7.30. The Morgan fingerprint density at radius 1 is 0.973 bits per heavy atom. The summed E-state index contributed by atoms with van der Waals surface area (Å²) >= 11 is 1.42. The SMILES string of the molecule is Cc1ccc(C(=O)N2[C@H](C(=O)N[C@@H](C)c3ccccc3)COC23CCN(C(=O)c2cccs2)CC3)cc1. The molecule has 3 heterocycles. The predicted octanol–water partition coefficient (Wildman–Crippen LogP) is 4.41. The van der Waals surface area contributed by atoms with Gasteiger partial charge in [0.25, 0.3) is 11.8 Å². The lowest BCUT2D eigenvalue weighted by Gasteiger charge is -2.44. The van der Waals surface area contributed by atoms with E-state index >= 15 is 0 Å². The highest BCUT2D eigenvalue weighted by Crippen LogP contribution is 2.39. The van der Waals surface area contributed by atoms with Crippen molar-refractivity contribution < 1.29 is 19.1 Å². The maximum absolute atomic E-state index is 13.9. The van der Waals surface area contributed by atoms with E-state index in [-0.39, 0.29) is 30.4 Å². The molecule has 1 spiro atoms. The molecule has 7 nitrogen and oxygen atoms in total. The molecule has 2 aliphatic rings. The summed E-state index contributed by atoms with van der Waals surface area (Å²) in [6, 6.07) is 19.8. The Morgan fingerprint density at radius 3 is 2.32 bits per heavy atom. The fourth-order valence-electron chi connectivity index (χ4n) is 5.15. The fraction of sp³-hybridized carbons (Fsp3) is 0.345. The van der Waals surface area contributed by atoms with Crippen LogP contribution < -0.4 is 5.32 Å².